The highest BCUT2D eigenvalue weighted by Crippen LogP contribution is 2.18. The molecule has 2 rings (SSSR count). The van der Waals surface area contributed by atoms with Crippen LogP contribution in [0.25, 0.3) is 0 Å². The molecule has 102 valence electrons. The number of rotatable bonds is 6. The number of nitrogens with zero attached hydrogens (tertiary/aromatic N) is 2. The number of aliphatic hydroxyl groups is 1. The molecule has 0 aliphatic carbocycles. The first kappa shape index (κ1) is 13.8. The molecule has 0 saturated heterocycles. The van der Waals surface area contributed by atoms with E-state index in [2.05, 4.69) is 10.3 Å². The van der Waals surface area contributed by atoms with E-state index >= 15 is 0 Å². The van der Waals surface area contributed by atoms with Crippen LogP contribution in [0.3, 0.4) is 0 Å². The molecule has 1 aromatic carbocycles. The lowest BCUT2D eigenvalue weighted by Gasteiger charge is -2.24. The Balaban J connectivity index is 1.81. The van der Waals surface area contributed by atoms with E-state index < -0.39 is 5.60 Å². The molecule has 0 saturated carbocycles. The molecule has 0 aliphatic heterocycles. The molecule has 4 nitrogen and oxygen atoms in total. The molecular weight excluding hydrogens is 238 g/mol. The van der Waals surface area contributed by atoms with Crippen LogP contribution < -0.4 is 5.32 Å². The predicted octanol–water partition coefficient (Wildman–Crippen LogP) is 1.46. The van der Waals surface area contributed by atoms with Crippen molar-refractivity contribution in [3.63, 3.8) is 0 Å². The Hall–Kier alpha value is -1.65. The fourth-order valence-electron chi connectivity index (χ4n) is 2.07. The monoisotopic (exact) mass is 259 g/mol. The van der Waals surface area contributed by atoms with Crippen LogP contribution in [0.15, 0.2) is 42.7 Å². The lowest BCUT2D eigenvalue weighted by Crippen LogP contribution is -2.36. The third kappa shape index (κ3) is 3.66. The minimum Gasteiger partial charge on any atom is -0.384 e. The molecule has 19 heavy (non-hydrogen) atoms. The predicted molar refractivity (Wildman–Crippen MR) is 75.8 cm³/mol. The quantitative estimate of drug-likeness (QED) is 0.772. The van der Waals surface area contributed by atoms with Crippen molar-refractivity contribution >= 4 is 0 Å². The largest absolute Gasteiger partial charge is 0.384 e. The van der Waals surface area contributed by atoms with E-state index in [-0.39, 0.29) is 0 Å². The van der Waals surface area contributed by atoms with E-state index in [1.165, 1.54) is 0 Å². The van der Waals surface area contributed by atoms with Gasteiger partial charge in [0.25, 0.3) is 0 Å². The molecule has 0 aliphatic rings. The van der Waals surface area contributed by atoms with E-state index in [1.807, 2.05) is 55.1 Å². The van der Waals surface area contributed by atoms with Crippen LogP contribution in [0.2, 0.25) is 0 Å². The third-order valence-corrected chi connectivity index (χ3v) is 3.31. The summed E-state index contributed by atoms with van der Waals surface area (Å²) < 4.78 is 2.01. The lowest BCUT2D eigenvalue weighted by atomic mass is 9.96. The van der Waals surface area contributed by atoms with Gasteiger partial charge in [0.05, 0.1) is 5.60 Å². The van der Waals surface area contributed by atoms with Gasteiger partial charge >= 0.3 is 0 Å². The summed E-state index contributed by atoms with van der Waals surface area (Å²) in [5.74, 6) is 1.05. The van der Waals surface area contributed by atoms with Crippen molar-refractivity contribution in [2.75, 3.05) is 13.1 Å². The van der Waals surface area contributed by atoms with Crippen LogP contribution in [0.4, 0.5) is 0 Å². The number of hydrogen-bond acceptors (Lipinski definition) is 3. The van der Waals surface area contributed by atoms with E-state index in [9.17, 15) is 5.11 Å². The smallest absolute Gasteiger partial charge is 0.109 e. The number of hydrogen-bond donors (Lipinski definition) is 2. The minimum atomic E-state index is -0.844. The first-order chi connectivity index (χ1) is 9.09. The molecule has 4 heteroatoms. The lowest BCUT2D eigenvalue weighted by molar-refractivity contribution is 0.0572. The van der Waals surface area contributed by atoms with E-state index in [4.69, 9.17) is 0 Å². The Kier molecular flexibility index (Phi) is 4.35. The Morgan fingerprint density at radius 2 is 2.05 bits per heavy atom. The van der Waals surface area contributed by atoms with Crippen molar-refractivity contribution in [3.8, 4) is 0 Å². The number of benzene rings is 1. The number of nitrogens with one attached hydrogen (secondary N) is 1. The van der Waals surface area contributed by atoms with Gasteiger partial charge in [-0.2, -0.15) is 0 Å². The standard InChI is InChI=1S/C15H21N3O/c1-15(19,13-6-4-3-5-7-13)12-16-9-8-14-17-10-11-18(14)2/h3-7,10-11,16,19H,8-9,12H2,1-2H3. The Morgan fingerprint density at radius 1 is 1.32 bits per heavy atom. The average Bonchev–Trinajstić information content (AvgIpc) is 2.81. The Bertz CT molecular complexity index is 505. The summed E-state index contributed by atoms with van der Waals surface area (Å²) in [6.07, 6.45) is 4.60. The van der Waals surface area contributed by atoms with Crippen LogP contribution in [-0.2, 0) is 19.1 Å². The number of aryl methyl sites for hydroxylation is 1. The zero-order chi connectivity index (χ0) is 13.7. The molecule has 0 amide bonds. The zero-order valence-corrected chi connectivity index (χ0v) is 11.5. The first-order valence-corrected chi connectivity index (χ1v) is 6.54. The molecule has 0 radical (unpaired) electrons. The molecule has 1 atom stereocenters. The van der Waals surface area contributed by atoms with Crippen molar-refractivity contribution in [1.82, 2.24) is 14.9 Å². The van der Waals surface area contributed by atoms with Gasteiger partial charge in [-0.3, -0.25) is 0 Å². The molecule has 1 unspecified atom stereocenters. The fourth-order valence-corrected chi connectivity index (χ4v) is 2.07. The SMILES string of the molecule is Cn1ccnc1CCNCC(C)(O)c1ccccc1. The summed E-state index contributed by atoms with van der Waals surface area (Å²) in [5.41, 5.74) is 0.0857. The highest BCUT2D eigenvalue weighted by molar-refractivity contribution is 5.21. The normalized spacial score (nSPS) is 14.3. The molecular formula is C15H21N3O. The van der Waals surface area contributed by atoms with Crippen LogP contribution in [0, 0.1) is 0 Å². The van der Waals surface area contributed by atoms with Crippen molar-refractivity contribution in [2.45, 2.75) is 18.9 Å². The second-order valence-electron chi connectivity index (χ2n) is 5.02. The molecule has 2 N–H and O–H groups in total. The molecule has 0 bridgehead atoms. The Morgan fingerprint density at radius 3 is 2.68 bits per heavy atom. The average molecular weight is 259 g/mol. The maximum absolute atomic E-state index is 10.4. The van der Waals surface area contributed by atoms with Gasteiger partial charge in [0, 0.05) is 39.0 Å². The Labute approximate surface area is 114 Å². The summed E-state index contributed by atoms with van der Waals surface area (Å²) in [6.45, 7) is 3.16. The summed E-state index contributed by atoms with van der Waals surface area (Å²) in [5, 5.41) is 13.7. The first-order valence-electron chi connectivity index (χ1n) is 6.54. The van der Waals surface area contributed by atoms with Crippen LogP contribution in [0.5, 0.6) is 0 Å². The van der Waals surface area contributed by atoms with Gasteiger partial charge in [0.2, 0.25) is 0 Å². The molecule has 0 fully saturated rings. The van der Waals surface area contributed by atoms with Crippen molar-refractivity contribution in [1.29, 1.82) is 0 Å². The van der Waals surface area contributed by atoms with Crippen molar-refractivity contribution < 1.29 is 5.11 Å². The van der Waals surface area contributed by atoms with Gasteiger partial charge in [-0.1, -0.05) is 30.3 Å². The number of aromatic nitrogens is 2. The van der Waals surface area contributed by atoms with Crippen molar-refractivity contribution in [3.05, 3.63) is 54.1 Å². The van der Waals surface area contributed by atoms with Gasteiger partial charge in [-0.05, 0) is 12.5 Å². The number of imidazole rings is 1. The van der Waals surface area contributed by atoms with Gasteiger partial charge in [-0.25, -0.2) is 4.98 Å². The van der Waals surface area contributed by atoms with Gasteiger partial charge in [-0.15, -0.1) is 0 Å². The summed E-state index contributed by atoms with van der Waals surface area (Å²) in [4.78, 5) is 4.27. The molecule has 1 aromatic heterocycles. The second kappa shape index (κ2) is 5.99. The topological polar surface area (TPSA) is 50.1 Å². The summed E-state index contributed by atoms with van der Waals surface area (Å²) >= 11 is 0. The van der Waals surface area contributed by atoms with E-state index in [0.717, 1.165) is 24.4 Å². The minimum absolute atomic E-state index is 0.529. The van der Waals surface area contributed by atoms with Gasteiger partial charge in [0.15, 0.2) is 0 Å². The van der Waals surface area contributed by atoms with Gasteiger partial charge < -0.3 is 15.0 Å². The maximum atomic E-state index is 10.4. The summed E-state index contributed by atoms with van der Waals surface area (Å²) in [7, 11) is 1.99. The molecule has 2 aromatic rings. The molecule has 1 heterocycles. The molecule has 0 spiro atoms. The highest BCUT2D eigenvalue weighted by atomic mass is 16.3. The van der Waals surface area contributed by atoms with Crippen LogP contribution in [-0.4, -0.2) is 27.7 Å². The van der Waals surface area contributed by atoms with E-state index in [1.54, 1.807) is 6.20 Å². The highest BCUT2D eigenvalue weighted by Gasteiger charge is 2.21. The van der Waals surface area contributed by atoms with E-state index in [0.29, 0.717) is 6.54 Å². The summed E-state index contributed by atoms with van der Waals surface area (Å²) in [6, 6.07) is 9.73. The maximum Gasteiger partial charge on any atom is 0.109 e. The fraction of sp³-hybridized carbons (Fsp3) is 0.400. The zero-order valence-electron chi connectivity index (χ0n) is 11.5. The van der Waals surface area contributed by atoms with Crippen LogP contribution >= 0.6 is 0 Å². The van der Waals surface area contributed by atoms with Crippen molar-refractivity contribution in [2.24, 2.45) is 7.05 Å². The second-order valence-corrected chi connectivity index (χ2v) is 5.02. The third-order valence-electron chi connectivity index (χ3n) is 3.31. The van der Waals surface area contributed by atoms with Gasteiger partial charge in [0.1, 0.15) is 5.82 Å². The van der Waals surface area contributed by atoms with Crippen LogP contribution in [0.1, 0.15) is 18.3 Å².